The van der Waals surface area contributed by atoms with Gasteiger partial charge in [0.05, 0.1) is 0 Å². The first kappa shape index (κ1) is 15.9. The molecule has 0 radical (unpaired) electrons. The molecule has 1 heterocycles. The van der Waals surface area contributed by atoms with Crippen LogP contribution in [-0.2, 0) is 0 Å². The predicted octanol–water partition coefficient (Wildman–Crippen LogP) is 2.75. The average Bonchev–Trinajstić information content (AvgIpc) is 2.27. The van der Waals surface area contributed by atoms with Gasteiger partial charge in [-0.1, -0.05) is 25.4 Å². The van der Waals surface area contributed by atoms with Crippen LogP contribution in [-0.4, -0.2) is 28.1 Å². The van der Waals surface area contributed by atoms with E-state index in [0.717, 1.165) is 5.69 Å². The van der Waals surface area contributed by atoms with Crippen LogP contribution in [0.3, 0.4) is 0 Å². The zero-order chi connectivity index (χ0) is 14.6. The summed E-state index contributed by atoms with van der Waals surface area (Å²) < 4.78 is 0. The Hall–Kier alpha value is -1.13. The third-order valence-corrected chi connectivity index (χ3v) is 3.05. The molecule has 1 aromatic heterocycles. The molecule has 4 nitrogen and oxygen atoms in total. The molecule has 0 atom stereocenters. The van der Waals surface area contributed by atoms with Crippen molar-refractivity contribution in [2.24, 2.45) is 0 Å². The molecule has 2 N–H and O–H groups in total. The van der Waals surface area contributed by atoms with Crippen LogP contribution in [0.2, 0.25) is 5.15 Å². The Morgan fingerprint density at radius 3 is 2.63 bits per heavy atom. The highest BCUT2D eigenvalue weighted by molar-refractivity contribution is 6.29. The number of hydrogen-bond acceptors (Lipinski definition) is 3. The number of hydrogen-bond donors (Lipinski definition) is 2. The number of halogens is 1. The Balaban J connectivity index is 2.94. The molecule has 0 fully saturated rings. The van der Waals surface area contributed by atoms with Crippen molar-refractivity contribution in [3.8, 4) is 0 Å². The number of aromatic nitrogens is 1. The molecule has 5 heteroatoms. The lowest BCUT2D eigenvalue weighted by Crippen LogP contribution is -2.44. The second kappa shape index (κ2) is 6.35. The van der Waals surface area contributed by atoms with Crippen molar-refractivity contribution in [2.75, 3.05) is 6.61 Å². The highest BCUT2D eigenvalue weighted by Gasteiger charge is 2.21. The van der Waals surface area contributed by atoms with Gasteiger partial charge in [-0.15, -0.1) is 0 Å². The maximum Gasteiger partial charge on any atom is 0.251 e. The van der Waals surface area contributed by atoms with E-state index in [2.05, 4.69) is 10.3 Å². The van der Waals surface area contributed by atoms with E-state index in [9.17, 15) is 4.79 Å². The molecule has 0 aliphatic heterocycles. The molecule has 1 aromatic rings. The summed E-state index contributed by atoms with van der Waals surface area (Å²) in [5.41, 5.74) is 0.826. The summed E-state index contributed by atoms with van der Waals surface area (Å²) in [7, 11) is 0. The minimum Gasteiger partial charge on any atom is -0.396 e. The average molecular weight is 285 g/mol. The second-order valence-electron chi connectivity index (χ2n) is 5.57. The molecule has 0 aliphatic carbocycles. The Kier molecular flexibility index (Phi) is 5.32. The molecule has 0 spiro atoms. The first-order chi connectivity index (χ1) is 8.75. The van der Waals surface area contributed by atoms with Gasteiger partial charge in [-0.2, -0.15) is 0 Å². The highest BCUT2D eigenvalue weighted by atomic mass is 35.5. The summed E-state index contributed by atoms with van der Waals surface area (Å²) in [6.07, 6.45) is 0.495. The normalized spacial score (nSPS) is 11.7. The lowest BCUT2D eigenvalue weighted by Gasteiger charge is -2.25. The SMILES string of the molecule is CC(C)c1cc(C(=O)NC(C)(C)CCO)cc(Cl)n1. The maximum atomic E-state index is 12.2. The van der Waals surface area contributed by atoms with E-state index in [-0.39, 0.29) is 18.4 Å². The van der Waals surface area contributed by atoms with Gasteiger partial charge in [-0.25, -0.2) is 4.98 Å². The van der Waals surface area contributed by atoms with Crippen molar-refractivity contribution in [3.05, 3.63) is 28.5 Å². The van der Waals surface area contributed by atoms with Gasteiger partial charge in [0, 0.05) is 23.4 Å². The number of carbonyl (C=O) groups is 1. The van der Waals surface area contributed by atoms with E-state index < -0.39 is 5.54 Å². The van der Waals surface area contributed by atoms with Crippen molar-refractivity contribution in [3.63, 3.8) is 0 Å². The van der Waals surface area contributed by atoms with E-state index >= 15 is 0 Å². The molecule has 0 unspecified atom stereocenters. The molecular formula is C14H21ClN2O2. The van der Waals surface area contributed by atoms with E-state index in [1.807, 2.05) is 27.7 Å². The van der Waals surface area contributed by atoms with Crippen molar-refractivity contribution in [1.82, 2.24) is 10.3 Å². The molecule has 19 heavy (non-hydrogen) atoms. The quantitative estimate of drug-likeness (QED) is 0.817. The minimum atomic E-state index is -0.459. The van der Waals surface area contributed by atoms with Crippen LogP contribution >= 0.6 is 11.6 Å². The fourth-order valence-electron chi connectivity index (χ4n) is 1.67. The van der Waals surface area contributed by atoms with Gasteiger partial charge >= 0.3 is 0 Å². The van der Waals surface area contributed by atoms with Crippen LogP contribution < -0.4 is 5.32 Å². The number of aliphatic hydroxyl groups is 1. The van der Waals surface area contributed by atoms with Gasteiger partial charge in [-0.3, -0.25) is 4.79 Å². The molecule has 1 amide bonds. The zero-order valence-electron chi connectivity index (χ0n) is 11.8. The summed E-state index contributed by atoms with van der Waals surface area (Å²) in [5.74, 6) is 0.000326. The van der Waals surface area contributed by atoms with Crippen LogP contribution in [0.25, 0.3) is 0 Å². The predicted molar refractivity (Wildman–Crippen MR) is 76.6 cm³/mol. The largest absolute Gasteiger partial charge is 0.396 e. The van der Waals surface area contributed by atoms with E-state index in [1.165, 1.54) is 0 Å². The minimum absolute atomic E-state index is 0.0294. The molecule has 0 saturated carbocycles. The molecule has 0 aromatic carbocycles. The molecule has 106 valence electrons. The Labute approximate surface area is 119 Å². The monoisotopic (exact) mass is 284 g/mol. The topological polar surface area (TPSA) is 62.2 Å². The first-order valence-electron chi connectivity index (χ1n) is 6.36. The number of nitrogens with one attached hydrogen (secondary N) is 1. The Morgan fingerprint density at radius 1 is 1.47 bits per heavy atom. The standard InChI is InChI=1S/C14H21ClN2O2/c1-9(2)11-7-10(8-12(15)16-11)13(19)17-14(3,4)5-6-18/h7-9,18H,5-6H2,1-4H3,(H,17,19). The van der Waals surface area contributed by atoms with Gasteiger partial charge in [-0.05, 0) is 38.3 Å². The highest BCUT2D eigenvalue weighted by Crippen LogP contribution is 2.18. The van der Waals surface area contributed by atoms with Crippen molar-refractivity contribution >= 4 is 17.5 Å². The van der Waals surface area contributed by atoms with Crippen LogP contribution in [0.15, 0.2) is 12.1 Å². The van der Waals surface area contributed by atoms with Gasteiger partial charge in [0.2, 0.25) is 0 Å². The zero-order valence-corrected chi connectivity index (χ0v) is 12.6. The first-order valence-corrected chi connectivity index (χ1v) is 6.74. The van der Waals surface area contributed by atoms with E-state index in [4.69, 9.17) is 16.7 Å². The number of pyridine rings is 1. The number of nitrogens with zero attached hydrogens (tertiary/aromatic N) is 1. The van der Waals surface area contributed by atoms with E-state index in [1.54, 1.807) is 12.1 Å². The Morgan fingerprint density at radius 2 is 2.11 bits per heavy atom. The molecule has 0 saturated heterocycles. The second-order valence-corrected chi connectivity index (χ2v) is 5.96. The fraction of sp³-hybridized carbons (Fsp3) is 0.571. The van der Waals surface area contributed by atoms with Crippen molar-refractivity contribution in [1.29, 1.82) is 0 Å². The molecule has 1 rings (SSSR count). The van der Waals surface area contributed by atoms with Gasteiger partial charge in [0.1, 0.15) is 5.15 Å². The van der Waals surface area contributed by atoms with Gasteiger partial charge < -0.3 is 10.4 Å². The fourth-order valence-corrected chi connectivity index (χ4v) is 1.88. The Bertz CT molecular complexity index is 459. The number of rotatable bonds is 5. The lowest BCUT2D eigenvalue weighted by molar-refractivity contribution is 0.0899. The van der Waals surface area contributed by atoms with Crippen LogP contribution in [0.1, 0.15) is 56.1 Å². The van der Waals surface area contributed by atoms with Gasteiger partial charge in [0.15, 0.2) is 0 Å². The smallest absolute Gasteiger partial charge is 0.251 e. The lowest BCUT2D eigenvalue weighted by atomic mass is 10.00. The summed E-state index contributed by atoms with van der Waals surface area (Å²) >= 11 is 5.94. The summed E-state index contributed by atoms with van der Waals surface area (Å²) in [6.45, 7) is 7.76. The molecule has 0 aliphatic rings. The number of amides is 1. The third kappa shape index (κ3) is 4.80. The summed E-state index contributed by atoms with van der Waals surface area (Å²) in [6, 6.07) is 3.30. The summed E-state index contributed by atoms with van der Waals surface area (Å²) in [4.78, 5) is 16.4. The van der Waals surface area contributed by atoms with Crippen LogP contribution in [0.5, 0.6) is 0 Å². The number of carbonyl (C=O) groups excluding carboxylic acids is 1. The van der Waals surface area contributed by atoms with Crippen molar-refractivity contribution in [2.45, 2.75) is 45.6 Å². The van der Waals surface area contributed by atoms with Crippen LogP contribution in [0.4, 0.5) is 0 Å². The number of aliphatic hydroxyl groups excluding tert-OH is 1. The molecule has 0 bridgehead atoms. The summed E-state index contributed by atoms with van der Waals surface area (Å²) in [5, 5.41) is 12.2. The van der Waals surface area contributed by atoms with E-state index in [0.29, 0.717) is 17.1 Å². The third-order valence-electron chi connectivity index (χ3n) is 2.86. The van der Waals surface area contributed by atoms with Crippen LogP contribution in [0, 0.1) is 0 Å². The van der Waals surface area contributed by atoms with Gasteiger partial charge in [0.25, 0.3) is 5.91 Å². The van der Waals surface area contributed by atoms with Crippen molar-refractivity contribution < 1.29 is 9.90 Å². The molecular weight excluding hydrogens is 264 g/mol. The maximum absolute atomic E-state index is 12.2.